The number of anilines is 1. The van der Waals surface area contributed by atoms with Gasteiger partial charge in [0.2, 0.25) is 0 Å². The predicted molar refractivity (Wildman–Crippen MR) is 127 cm³/mol. The van der Waals surface area contributed by atoms with E-state index in [4.69, 9.17) is 0 Å². The summed E-state index contributed by atoms with van der Waals surface area (Å²) in [7, 11) is 0. The summed E-state index contributed by atoms with van der Waals surface area (Å²) in [6.07, 6.45) is 3.93. The van der Waals surface area contributed by atoms with Gasteiger partial charge in [-0.1, -0.05) is 45.0 Å². The van der Waals surface area contributed by atoms with E-state index in [2.05, 4.69) is 37.5 Å². The Kier molecular flexibility index (Phi) is 8.10. The molecule has 0 unspecified atom stereocenters. The van der Waals surface area contributed by atoms with E-state index < -0.39 is 0 Å². The lowest BCUT2D eigenvalue weighted by atomic mass is 9.89. The van der Waals surface area contributed by atoms with Crippen molar-refractivity contribution in [3.8, 4) is 0 Å². The number of nitrogens with zero attached hydrogens (tertiary/aromatic N) is 1. The van der Waals surface area contributed by atoms with Crippen molar-refractivity contribution in [1.82, 2.24) is 10.2 Å². The van der Waals surface area contributed by atoms with Gasteiger partial charge in [0.25, 0.3) is 5.91 Å². The Balaban J connectivity index is 1.60. The number of carbonyl (C=O) groups is 2. The molecule has 2 N–H and O–H groups in total. The smallest absolute Gasteiger partial charge is 0.321 e. The highest BCUT2D eigenvalue weighted by Crippen LogP contribution is 2.28. The third-order valence-corrected chi connectivity index (χ3v) is 5.95. The van der Waals surface area contributed by atoms with Crippen molar-refractivity contribution in [3.05, 3.63) is 65.2 Å². The molecule has 0 aromatic heterocycles. The fourth-order valence-corrected chi connectivity index (χ4v) is 3.97. The number of piperidine rings is 1. The lowest BCUT2D eigenvalue weighted by molar-refractivity contribution is 0.0951. The van der Waals surface area contributed by atoms with Crippen LogP contribution in [0.3, 0.4) is 0 Å². The molecule has 0 radical (unpaired) electrons. The fourth-order valence-electron chi connectivity index (χ4n) is 3.97. The van der Waals surface area contributed by atoms with Crippen LogP contribution in [0.25, 0.3) is 0 Å². The highest BCUT2D eigenvalue weighted by atomic mass is 16.2. The van der Waals surface area contributed by atoms with E-state index in [1.54, 1.807) is 0 Å². The van der Waals surface area contributed by atoms with Gasteiger partial charge in [-0.3, -0.25) is 4.79 Å². The first kappa shape index (κ1) is 22.9. The minimum absolute atomic E-state index is 0.0246. The predicted octanol–water partition coefficient (Wildman–Crippen LogP) is 5.44. The van der Waals surface area contributed by atoms with Crippen LogP contribution < -0.4 is 10.6 Å². The Labute approximate surface area is 186 Å². The molecule has 2 aromatic carbocycles. The maximum atomic E-state index is 12.8. The minimum Gasteiger partial charge on any atom is -0.352 e. The average Bonchev–Trinajstić information content (AvgIpc) is 2.79. The van der Waals surface area contributed by atoms with Crippen LogP contribution in [0.5, 0.6) is 0 Å². The summed E-state index contributed by atoms with van der Waals surface area (Å²) in [5, 5.41) is 6.03. The van der Waals surface area contributed by atoms with E-state index in [-0.39, 0.29) is 17.9 Å². The largest absolute Gasteiger partial charge is 0.352 e. The number of urea groups is 1. The van der Waals surface area contributed by atoms with Gasteiger partial charge < -0.3 is 15.5 Å². The number of aryl methyl sites for hydroxylation is 1. The van der Waals surface area contributed by atoms with Crippen molar-refractivity contribution in [2.75, 3.05) is 25.0 Å². The van der Waals surface area contributed by atoms with Gasteiger partial charge in [-0.25, -0.2) is 4.79 Å². The van der Waals surface area contributed by atoms with Crippen LogP contribution in [0, 0.1) is 5.92 Å². The second-order valence-corrected chi connectivity index (χ2v) is 8.83. The van der Waals surface area contributed by atoms with Gasteiger partial charge in [0.1, 0.15) is 0 Å². The van der Waals surface area contributed by atoms with Crippen molar-refractivity contribution in [2.24, 2.45) is 5.92 Å². The van der Waals surface area contributed by atoms with Crippen molar-refractivity contribution in [3.63, 3.8) is 0 Å². The Hall–Kier alpha value is -2.82. The van der Waals surface area contributed by atoms with E-state index >= 15 is 0 Å². The topological polar surface area (TPSA) is 61.4 Å². The zero-order valence-corrected chi connectivity index (χ0v) is 19.0. The third-order valence-electron chi connectivity index (χ3n) is 5.95. The first-order valence-corrected chi connectivity index (χ1v) is 11.5. The van der Waals surface area contributed by atoms with E-state index in [9.17, 15) is 9.59 Å². The summed E-state index contributed by atoms with van der Waals surface area (Å²) in [5.74, 6) is 0.782. The molecule has 1 saturated heterocycles. The number of rotatable bonds is 7. The van der Waals surface area contributed by atoms with Crippen molar-refractivity contribution < 1.29 is 9.59 Å². The van der Waals surface area contributed by atoms with Crippen molar-refractivity contribution in [2.45, 2.75) is 52.4 Å². The number of benzene rings is 2. The Morgan fingerprint density at radius 2 is 1.90 bits per heavy atom. The van der Waals surface area contributed by atoms with E-state index in [0.717, 1.165) is 43.5 Å². The van der Waals surface area contributed by atoms with Crippen molar-refractivity contribution in [1.29, 1.82) is 0 Å². The number of hydrogen-bond donors (Lipinski definition) is 2. The number of nitrogens with one attached hydrogen (secondary N) is 2. The van der Waals surface area contributed by atoms with Crippen LogP contribution in [-0.4, -0.2) is 36.5 Å². The molecule has 1 fully saturated rings. The monoisotopic (exact) mass is 421 g/mol. The molecule has 166 valence electrons. The standard InChI is InChI=1S/C26H35N3O2/c1-4-20-10-12-24(13-11-20)28-26(31)29-16-6-9-23(18-29)21-7-5-8-22(17-21)25(30)27-15-14-19(2)3/h5,7-8,10-13,17,19,23H,4,6,9,14-16,18H2,1-3H3,(H,27,30)(H,28,31)/t23-/m0/s1. The van der Waals surface area contributed by atoms with E-state index in [1.165, 1.54) is 5.56 Å². The lowest BCUT2D eigenvalue weighted by Gasteiger charge is -2.33. The van der Waals surface area contributed by atoms with Crippen LogP contribution in [-0.2, 0) is 6.42 Å². The summed E-state index contributed by atoms with van der Waals surface area (Å²) < 4.78 is 0. The molecule has 3 amide bonds. The molecule has 5 heteroatoms. The SMILES string of the molecule is CCc1ccc(NC(=O)N2CCC[C@H](c3cccc(C(=O)NCCC(C)C)c3)C2)cc1. The van der Waals surface area contributed by atoms with Gasteiger partial charge >= 0.3 is 6.03 Å². The van der Waals surface area contributed by atoms with Crippen LogP contribution >= 0.6 is 0 Å². The molecule has 2 aromatic rings. The van der Waals surface area contributed by atoms with Crippen LogP contribution in [0.15, 0.2) is 48.5 Å². The van der Waals surface area contributed by atoms with Crippen molar-refractivity contribution >= 4 is 17.6 Å². The quantitative estimate of drug-likeness (QED) is 0.626. The zero-order valence-electron chi connectivity index (χ0n) is 19.0. The molecule has 0 spiro atoms. The fraction of sp³-hybridized carbons (Fsp3) is 0.462. The summed E-state index contributed by atoms with van der Waals surface area (Å²) >= 11 is 0. The molecule has 31 heavy (non-hydrogen) atoms. The summed E-state index contributed by atoms with van der Waals surface area (Å²) in [5.41, 5.74) is 3.90. The zero-order chi connectivity index (χ0) is 22.2. The van der Waals surface area contributed by atoms with Crippen LogP contribution in [0.4, 0.5) is 10.5 Å². The molecule has 1 aliphatic rings. The second-order valence-electron chi connectivity index (χ2n) is 8.83. The van der Waals surface area contributed by atoms with Gasteiger partial charge in [-0.2, -0.15) is 0 Å². The highest BCUT2D eigenvalue weighted by molar-refractivity contribution is 5.94. The molecule has 0 saturated carbocycles. The summed E-state index contributed by atoms with van der Waals surface area (Å²) in [4.78, 5) is 27.2. The van der Waals surface area contributed by atoms with Gasteiger partial charge in [0, 0.05) is 36.8 Å². The Bertz CT molecular complexity index is 876. The maximum Gasteiger partial charge on any atom is 0.321 e. The molecule has 0 bridgehead atoms. The van der Waals surface area contributed by atoms with Crippen LogP contribution in [0.2, 0.25) is 0 Å². The normalized spacial score (nSPS) is 16.3. The summed E-state index contributed by atoms with van der Waals surface area (Å²) in [6.45, 7) is 8.53. The lowest BCUT2D eigenvalue weighted by Crippen LogP contribution is -2.41. The molecule has 1 atom stereocenters. The van der Waals surface area contributed by atoms with Gasteiger partial charge in [-0.15, -0.1) is 0 Å². The molecule has 0 aliphatic carbocycles. The molecular weight excluding hydrogens is 386 g/mol. The number of hydrogen-bond acceptors (Lipinski definition) is 2. The van der Waals surface area contributed by atoms with E-state index in [0.29, 0.717) is 24.6 Å². The first-order valence-electron chi connectivity index (χ1n) is 11.5. The van der Waals surface area contributed by atoms with E-state index in [1.807, 2.05) is 47.4 Å². The molecular formula is C26H35N3O2. The Morgan fingerprint density at radius 3 is 2.61 bits per heavy atom. The second kappa shape index (κ2) is 11.0. The molecule has 5 nitrogen and oxygen atoms in total. The molecule has 1 aliphatic heterocycles. The van der Waals surface area contributed by atoms with Gasteiger partial charge in [0.15, 0.2) is 0 Å². The minimum atomic E-state index is -0.0588. The number of likely N-dealkylation sites (tertiary alicyclic amines) is 1. The third kappa shape index (κ3) is 6.58. The van der Waals surface area contributed by atoms with Gasteiger partial charge in [0.05, 0.1) is 0 Å². The molecule has 3 rings (SSSR count). The number of amides is 3. The Morgan fingerprint density at radius 1 is 1.13 bits per heavy atom. The van der Waals surface area contributed by atoms with Crippen LogP contribution in [0.1, 0.15) is 67.4 Å². The van der Waals surface area contributed by atoms with Gasteiger partial charge in [-0.05, 0) is 67.0 Å². The maximum absolute atomic E-state index is 12.8. The average molecular weight is 422 g/mol. The summed E-state index contributed by atoms with van der Waals surface area (Å²) in [6, 6.07) is 15.8. The molecule has 1 heterocycles. The highest BCUT2D eigenvalue weighted by Gasteiger charge is 2.25. The number of carbonyl (C=O) groups excluding carboxylic acids is 2. The first-order chi connectivity index (χ1) is 15.0.